The molecular formula is C13H20N2O4. The molecule has 0 aliphatic heterocycles. The van der Waals surface area contributed by atoms with E-state index in [0.717, 1.165) is 5.76 Å². The van der Waals surface area contributed by atoms with Gasteiger partial charge < -0.3 is 20.2 Å². The molecule has 6 nitrogen and oxygen atoms in total. The Morgan fingerprint density at radius 2 is 2.16 bits per heavy atom. The third-order valence-electron chi connectivity index (χ3n) is 3.17. The van der Waals surface area contributed by atoms with Crippen molar-refractivity contribution in [2.45, 2.75) is 26.7 Å². The number of hydrogen-bond acceptors (Lipinski definition) is 3. The number of hydrogen-bond donors (Lipinski definition) is 3. The van der Waals surface area contributed by atoms with Crippen LogP contribution in [0.1, 0.15) is 26.0 Å². The van der Waals surface area contributed by atoms with E-state index >= 15 is 0 Å². The van der Waals surface area contributed by atoms with Gasteiger partial charge in [-0.2, -0.15) is 0 Å². The maximum Gasteiger partial charge on any atom is 0.314 e. The van der Waals surface area contributed by atoms with Gasteiger partial charge in [0.05, 0.1) is 11.7 Å². The van der Waals surface area contributed by atoms with Gasteiger partial charge in [0.2, 0.25) is 0 Å². The van der Waals surface area contributed by atoms with Gasteiger partial charge >= 0.3 is 12.0 Å². The summed E-state index contributed by atoms with van der Waals surface area (Å²) < 4.78 is 5.13. The second-order valence-electron chi connectivity index (χ2n) is 4.66. The molecule has 1 unspecified atom stereocenters. The van der Waals surface area contributed by atoms with Crippen molar-refractivity contribution < 1.29 is 19.1 Å². The molecule has 3 N–H and O–H groups in total. The molecule has 0 saturated heterocycles. The fourth-order valence-electron chi connectivity index (χ4n) is 1.44. The quantitative estimate of drug-likeness (QED) is 0.700. The van der Waals surface area contributed by atoms with Crippen LogP contribution in [0.2, 0.25) is 0 Å². The normalized spacial score (nSPS) is 13.6. The molecule has 0 saturated carbocycles. The Balaban J connectivity index is 2.26. The molecule has 1 aromatic rings. The van der Waals surface area contributed by atoms with Gasteiger partial charge in [-0.25, -0.2) is 4.79 Å². The summed E-state index contributed by atoms with van der Waals surface area (Å²) in [6, 6.07) is 3.25. The van der Waals surface area contributed by atoms with Crippen molar-refractivity contribution >= 4 is 12.0 Å². The van der Waals surface area contributed by atoms with E-state index in [-0.39, 0.29) is 12.6 Å². The van der Waals surface area contributed by atoms with Crippen LogP contribution in [0, 0.1) is 5.41 Å². The van der Waals surface area contributed by atoms with Crippen LogP contribution >= 0.6 is 0 Å². The van der Waals surface area contributed by atoms with Crippen molar-refractivity contribution in [2.75, 3.05) is 13.1 Å². The van der Waals surface area contributed by atoms with Crippen LogP contribution in [-0.4, -0.2) is 30.2 Å². The summed E-state index contributed by atoms with van der Waals surface area (Å²) in [4.78, 5) is 22.6. The number of aliphatic carboxylic acids is 1. The van der Waals surface area contributed by atoms with Crippen LogP contribution in [0.4, 0.5) is 4.79 Å². The zero-order valence-corrected chi connectivity index (χ0v) is 11.2. The lowest BCUT2D eigenvalue weighted by Crippen LogP contribution is -2.45. The van der Waals surface area contributed by atoms with E-state index in [2.05, 4.69) is 10.6 Å². The number of carboxylic acid groups (broad SMARTS) is 1. The first-order valence-electron chi connectivity index (χ1n) is 6.25. The van der Waals surface area contributed by atoms with E-state index < -0.39 is 11.4 Å². The molecule has 0 aliphatic carbocycles. The van der Waals surface area contributed by atoms with Gasteiger partial charge in [-0.05, 0) is 25.5 Å². The molecule has 0 aromatic carbocycles. The molecule has 1 aromatic heterocycles. The van der Waals surface area contributed by atoms with E-state index in [1.54, 1.807) is 26.2 Å². The largest absolute Gasteiger partial charge is 0.481 e. The first kappa shape index (κ1) is 15.1. The van der Waals surface area contributed by atoms with Crippen LogP contribution in [0.15, 0.2) is 22.8 Å². The first-order valence-corrected chi connectivity index (χ1v) is 6.25. The van der Waals surface area contributed by atoms with Gasteiger partial charge in [-0.3, -0.25) is 4.79 Å². The lowest BCUT2D eigenvalue weighted by atomic mass is 9.88. The molecule has 1 atom stereocenters. The number of carbonyl (C=O) groups is 2. The van der Waals surface area contributed by atoms with Crippen molar-refractivity contribution in [1.82, 2.24) is 10.6 Å². The third-order valence-corrected chi connectivity index (χ3v) is 3.17. The number of furan rings is 1. The van der Waals surface area contributed by atoms with Crippen molar-refractivity contribution in [3.8, 4) is 0 Å². The molecule has 0 bridgehead atoms. The number of amides is 2. The Kier molecular flexibility index (Phi) is 5.41. The zero-order chi connectivity index (χ0) is 14.3. The van der Waals surface area contributed by atoms with Crippen LogP contribution in [-0.2, 0) is 11.2 Å². The summed E-state index contributed by atoms with van der Waals surface area (Å²) in [6.45, 7) is 3.93. The average molecular weight is 268 g/mol. The van der Waals surface area contributed by atoms with Gasteiger partial charge in [0.15, 0.2) is 0 Å². The highest BCUT2D eigenvalue weighted by Crippen LogP contribution is 2.19. The van der Waals surface area contributed by atoms with Gasteiger partial charge in [-0.15, -0.1) is 0 Å². The number of nitrogens with one attached hydrogen (secondary N) is 2. The van der Waals surface area contributed by atoms with E-state index in [1.165, 1.54) is 0 Å². The molecule has 19 heavy (non-hydrogen) atoms. The Hall–Kier alpha value is -1.98. The van der Waals surface area contributed by atoms with Crippen LogP contribution in [0.3, 0.4) is 0 Å². The van der Waals surface area contributed by atoms with Crippen molar-refractivity contribution in [3.05, 3.63) is 24.2 Å². The van der Waals surface area contributed by atoms with E-state index in [0.29, 0.717) is 19.4 Å². The summed E-state index contributed by atoms with van der Waals surface area (Å²) in [5, 5.41) is 14.3. The summed E-state index contributed by atoms with van der Waals surface area (Å²) in [7, 11) is 0. The van der Waals surface area contributed by atoms with E-state index in [4.69, 9.17) is 9.52 Å². The Morgan fingerprint density at radius 1 is 1.42 bits per heavy atom. The SMILES string of the molecule is CCC(C)(CNC(=O)NCCc1ccco1)C(=O)O. The number of carbonyl (C=O) groups excluding carboxylic acids is 1. The maximum absolute atomic E-state index is 11.5. The summed E-state index contributed by atoms with van der Waals surface area (Å²) in [5.74, 6) is -0.116. The monoisotopic (exact) mass is 268 g/mol. The highest BCUT2D eigenvalue weighted by molar-refractivity contribution is 5.77. The molecule has 6 heteroatoms. The lowest BCUT2D eigenvalue weighted by Gasteiger charge is -2.23. The highest BCUT2D eigenvalue weighted by Gasteiger charge is 2.31. The van der Waals surface area contributed by atoms with Crippen LogP contribution < -0.4 is 10.6 Å². The smallest absolute Gasteiger partial charge is 0.314 e. The standard InChI is InChI=1S/C13H20N2O4/c1-3-13(2,11(16)17)9-15-12(18)14-7-6-10-5-4-8-19-10/h4-5,8H,3,6-7,9H2,1-2H3,(H,16,17)(H2,14,15,18). The van der Waals surface area contributed by atoms with Gasteiger partial charge in [0, 0.05) is 19.5 Å². The number of carboxylic acids is 1. The molecule has 106 valence electrons. The number of rotatable bonds is 7. The minimum absolute atomic E-state index is 0.103. The molecule has 0 radical (unpaired) electrons. The fourth-order valence-corrected chi connectivity index (χ4v) is 1.44. The Morgan fingerprint density at radius 3 is 2.68 bits per heavy atom. The molecular weight excluding hydrogens is 248 g/mol. The van der Waals surface area contributed by atoms with Crippen molar-refractivity contribution in [3.63, 3.8) is 0 Å². The molecule has 1 rings (SSSR count). The predicted molar refractivity (Wildman–Crippen MR) is 69.8 cm³/mol. The minimum atomic E-state index is -0.932. The second-order valence-corrected chi connectivity index (χ2v) is 4.66. The van der Waals surface area contributed by atoms with Crippen molar-refractivity contribution in [1.29, 1.82) is 0 Å². The third kappa shape index (κ3) is 4.65. The Labute approximate surface area is 112 Å². The van der Waals surface area contributed by atoms with Gasteiger partial charge in [-0.1, -0.05) is 6.92 Å². The molecule has 1 heterocycles. The summed E-state index contributed by atoms with van der Waals surface area (Å²) in [5.41, 5.74) is -0.932. The Bertz CT molecular complexity index is 416. The van der Waals surface area contributed by atoms with E-state index in [9.17, 15) is 9.59 Å². The highest BCUT2D eigenvalue weighted by atomic mass is 16.4. The molecule has 0 aliphatic rings. The maximum atomic E-state index is 11.5. The van der Waals surface area contributed by atoms with Crippen LogP contribution in [0.5, 0.6) is 0 Å². The fraction of sp³-hybridized carbons (Fsp3) is 0.538. The topological polar surface area (TPSA) is 91.6 Å². The predicted octanol–water partition coefficient (Wildman–Crippen LogP) is 1.62. The molecule has 2 amide bonds. The lowest BCUT2D eigenvalue weighted by molar-refractivity contribution is -0.147. The number of urea groups is 1. The van der Waals surface area contributed by atoms with Crippen LogP contribution in [0.25, 0.3) is 0 Å². The minimum Gasteiger partial charge on any atom is -0.481 e. The van der Waals surface area contributed by atoms with Gasteiger partial charge in [0.25, 0.3) is 0 Å². The molecule has 0 spiro atoms. The summed E-state index contributed by atoms with van der Waals surface area (Å²) in [6.07, 6.45) is 2.63. The molecule has 0 fully saturated rings. The second kappa shape index (κ2) is 6.82. The zero-order valence-electron chi connectivity index (χ0n) is 11.2. The van der Waals surface area contributed by atoms with Crippen molar-refractivity contribution in [2.24, 2.45) is 5.41 Å². The average Bonchev–Trinajstić information content (AvgIpc) is 2.89. The van der Waals surface area contributed by atoms with E-state index in [1.807, 2.05) is 6.07 Å². The summed E-state index contributed by atoms with van der Waals surface area (Å²) >= 11 is 0. The first-order chi connectivity index (χ1) is 8.98. The van der Waals surface area contributed by atoms with Gasteiger partial charge in [0.1, 0.15) is 5.76 Å².